The summed E-state index contributed by atoms with van der Waals surface area (Å²) in [5, 5.41) is 11.8. The summed E-state index contributed by atoms with van der Waals surface area (Å²) in [5.74, 6) is -0.0379. The van der Waals surface area contributed by atoms with Gasteiger partial charge in [-0.25, -0.2) is 0 Å². The van der Waals surface area contributed by atoms with E-state index >= 15 is 0 Å². The summed E-state index contributed by atoms with van der Waals surface area (Å²) in [7, 11) is 0. The number of anilines is 1. The van der Waals surface area contributed by atoms with E-state index in [1.165, 1.54) is 0 Å². The van der Waals surface area contributed by atoms with Gasteiger partial charge in [0.15, 0.2) is 5.78 Å². The van der Waals surface area contributed by atoms with Crippen LogP contribution in [0.1, 0.15) is 40.7 Å². The molecule has 0 radical (unpaired) electrons. The second-order valence-corrected chi connectivity index (χ2v) is 7.30. The first-order chi connectivity index (χ1) is 13.5. The molecular weight excluding hydrogens is 356 g/mol. The molecule has 1 atom stereocenters. The van der Waals surface area contributed by atoms with Gasteiger partial charge in [-0.05, 0) is 18.9 Å². The Morgan fingerprint density at radius 2 is 1.93 bits per heavy atom. The van der Waals surface area contributed by atoms with Gasteiger partial charge in [0.2, 0.25) is 0 Å². The number of nitro groups is 1. The second-order valence-electron chi connectivity index (χ2n) is 7.30. The van der Waals surface area contributed by atoms with Crippen molar-refractivity contribution in [1.82, 2.24) is 0 Å². The summed E-state index contributed by atoms with van der Waals surface area (Å²) in [6, 6.07) is 12.5. The highest BCUT2D eigenvalue weighted by molar-refractivity contribution is 6.22. The molecule has 2 aromatic carbocycles. The standard InChI is InChI=1S/C21H22N4O3/c22-15-5-3-4-10-24(13-15)18-9-8-14(11-19(18)25(27)28)21-17-7-2-1-6-16(17)20(26)12-23-21/h1-2,6-9,11,15H,3-5,10,12-13,22H2. The van der Waals surface area contributed by atoms with Crippen molar-refractivity contribution in [1.29, 1.82) is 0 Å². The summed E-state index contributed by atoms with van der Waals surface area (Å²) in [5.41, 5.74) is 9.37. The lowest BCUT2D eigenvalue weighted by Crippen LogP contribution is -2.36. The third-order valence-corrected chi connectivity index (χ3v) is 5.36. The van der Waals surface area contributed by atoms with Crippen LogP contribution < -0.4 is 10.6 Å². The SMILES string of the molecule is NC1CCCCN(c2ccc(C3=NCC(=O)c4ccccc43)cc2[N+](=O)[O-])C1. The zero-order valence-corrected chi connectivity index (χ0v) is 15.5. The quantitative estimate of drug-likeness (QED) is 0.653. The third-order valence-electron chi connectivity index (χ3n) is 5.36. The first-order valence-electron chi connectivity index (χ1n) is 9.51. The molecule has 1 unspecified atom stereocenters. The number of nitrogens with zero attached hydrogens (tertiary/aromatic N) is 3. The number of nitro benzene ring substituents is 1. The summed E-state index contributed by atoms with van der Waals surface area (Å²) in [6.07, 6.45) is 2.93. The molecule has 2 aliphatic rings. The average Bonchev–Trinajstić information content (AvgIpc) is 2.92. The van der Waals surface area contributed by atoms with Crippen LogP contribution in [0.4, 0.5) is 11.4 Å². The number of rotatable bonds is 3. The van der Waals surface area contributed by atoms with Crippen LogP contribution in [0, 0.1) is 10.1 Å². The fraction of sp³-hybridized carbons (Fsp3) is 0.333. The number of ketones is 1. The number of nitrogens with two attached hydrogens (primary N) is 1. The van der Waals surface area contributed by atoms with Crippen molar-refractivity contribution in [3.8, 4) is 0 Å². The first kappa shape index (κ1) is 18.3. The van der Waals surface area contributed by atoms with Gasteiger partial charge in [0.1, 0.15) is 12.2 Å². The maximum atomic E-state index is 12.1. The summed E-state index contributed by atoms with van der Waals surface area (Å²) in [6.45, 7) is 1.42. The number of aliphatic imine (C=N–C) groups is 1. The normalized spacial score (nSPS) is 19.6. The van der Waals surface area contributed by atoms with Crippen LogP contribution in [-0.4, -0.2) is 42.1 Å². The predicted molar refractivity (Wildman–Crippen MR) is 108 cm³/mol. The molecule has 28 heavy (non-hydrogen) atoms. The molecule has 2 heterocycles. The highest BCUT2D eigenvalue weighted by atomic mass is 16.6. The van der Waals surface area contributed by atoms with E-state index in [-0.39, 0.29) is 29.0 Å². The van der Waals surface area contributed by atoms with Crippen molar-refractivity contribution in [2.24, 2.45) is 10.7 Å². The molecule has 0 saturated carbocycles. The number of carbonyl (C=O) groups is 1. The molecule has 0 aliphatic carbocycles. The minimum absolute atomic E-state index is 0.0161. The molecule has 0 amide bonds. The van der Waals surface area contributed by atoms with Crippen LogP contribution in [0.3, 0.4) is 0 Å². The lowest BCUT2D eigenvalue weighted by Gasteiger charge is -2.25. The fourth-order valence-corrected chi connectivity index (χ4v) is 3.98. The van der Waals surface area contributed by atoms with Gasteiger partial charge in [-0.15, -0.1) is 0 Å². The average molecular weight is 378 g/mol. The van der Waals surface area contributed by atoms with E-state index in [0.717, 1.165) is 31.4 Å². The molecule has 144 valence electrons. The van der Waals surface area contributed by atoms with Gasteiger partial charge < -0.3 is 10.6 Å². The van der Waals surface area contributed by atoms with E-state index in [9.17, 15) is 14.9 Å². The summed E-state index contributed by atoms with van der Waals surface area (Å²) >= 11 is 0. The Labute approximate surface area is 163 Å². The largest absolute Gasteiger partial charge is 0.364 e. The van der Waals surface area contributed by atoms with Crippen molar-refractivity contribution in [2.75, 3.05) is 24.5 Å². The van der Waals surface area contributed by atoms with Gasteiger partial charge in [-0.2, -0.15) is 0 Å². The minimum atomic E-state index is -0.351. The molecule has 0 aromatic heterocycles. The van der Waals surface area contributed by atoms with Crippen molar-refractivity contribution in [3.63, 3.8) is 0 Å². The summed E-state index contributed by atoms with van der Waals surface area (Å²) < 4.78 is 0. The fourth-order valence-electron chi connectivity index (χ4n) is 3.98. The maximum Gasteiger partial charge on any atom is 0.293 e. The molecule has 0 bridgehead atoms. The lowest BCUT2D eigenvalue weighted by molar-refractivity contribution is -0.384. The molecule has 2 N–H and O–H groups in total. The van der Waals surface area contributed by atoms with E-state index < -0.39 is 0 Å². The summed E-state index contributed by atoms with van der Waals surface area (Å²) in [4.78, 5) is 30.0. The van der Waals surface area contributed by atoms with E-state index in [1.807, 2.05) is 29.2 Å². The highest BCUT2D eigenvalue weighted by Gasteiger charge is 2.26. The third kappa shape index (κ3) is 3.41. The topological polar surface area (TPSA) is 102 Å². The number of fused-ring (bicyclic) bond motifs is 1. The van der Waals surface area contributed by atoms with Crippen LogP contribution >= 0.6 is 0 Å². The molecule has 7 heteroatoms. The Kier molecular flexibility index (Phi) is 4.92. The number of benzene rings is 2. The molecule has 1 saturated heterocycles. The van der Waals surface area contributed by atoms with Gasteiger partial charge in [0, 0.05) is 41.9 Å². The molecule has 1 fully saturated rings. The zero-order valence-electron chi connectivity index (χ0n) is 15.5. The highest BCUT2D eigenvalue weighted by Crippen LogP contribution is 2.32. The zero-order chi connectivity index (χ0) is 19.7. The van der Waals surface area contributed by atoms with Gasteiger partial charge in [0.25, 0.3) is 5.69 Å². The van der Waals surface area contributed by atoms with Crippen LogP contribution in [-0.2, 0) is 0 Å². The van der Waals surface area contributed by atoms with E-state index in [2.05, 4.69) is 4.99 Å². The van der Waals surface area contributed by atoms with Gasteiger partial charge in [0.05, 0.1) is 10.6 Å². The minimum Gasteiger partial charge on any atom is -0.364 e. The van der Waals surface area contributed by atoms with E-state index in [0.29, 0.717) is 29.1 Å². The lowest BCUT2D eigenvalue weighted by atomic mass is 9.92. The molecule has 4 rings (SSSR count). The Hall–Kier alpha value is -3.06. The number of Topliss-reactive ketones (excluding diaryl/α,β-unsaturated/α-hetero) is 1. The van der Waals surface area contributed by atoms with Crippen LogP contribution in [0.25, 0.3) is 0 Å². The van der Waals surface area contributed by atoms with Crippen molar-refractivity contribution >= 4 is 22.9 Å². The Balaban J connectivity index is 1.76. The van der Waals surface area contributed by atoms with Gasteiger partial charge in [-0.3, -0.25) is 19.9 Å². The predicted octanol–water partition coefficient (Wildman–Crippen LogP) is 2.95. The van der Waals surface area contributed by atoms with Crippen LogP contribution in [0.5, 0.6) is 0 Å². The smallest absolute Gasteiger partial charge is 0.293 e. The van der Waals surface area contributed by atoms with Gasteiger partial charge in [-0.1, -0.05) is 36.8 Å². The van der Waals surface area contributed by atoms with E-state index in [4.69, 9.17) is 5.73 Å². The maximum absolute atomic E-state index is 12.1. The molecule has 2 aliphatic heterocycles. The molecule has 2 aromatic rings. The first-order valence-corrected chi connectivity index (χ1v) is 9.51. The number of hydrogen-bond acceptors (Lipinski definition) is 6. The number of carbonyl (C=O) groups excluding carboxylic acids is 1. The Morgan fingerprint density at radius 3 is 2.71 bits per heavy atom. The van der Waals surface area contributed by atoms with Crippen molar-refractivity contribution in [3.05, 3.63) is 69.3 Å². The monoisotopic (exact) mass is 378 g/mol. The number of hydrogen-bond donors (Lipinski definition) is 1. The van der Waals surface area contributed by atoms with E-state index in [1.54, 1.807) is 18.2 Å². The second kappa shape index (κ2) is 7.52. The van der Waals surface area contributed by atoms with Crippen LogP contribution in [0.15, 0.2) is 47.5 Å². The Morgan fingerprint density at radius 1 is 1.14 bits per heavy atom. The molecule has 0 spiro atoms. The Bertz CT molecular complexity index is 970. The van der Waals surface area contributed by atoms with Crippen molar-refractivity contribution < 1.29 is 9.72 Å². The van der Waals surface area contributed by atoms with Crippen molar-refractivity contribution in [2.45, 2.75) is 25.3 Å². The molecule has 7 nitrogen and oxygen atoms in total. The van der Waals surface area contributed by atoms with Crippen LogP contribution in [0.2, 0.25) is 0 Å². The molecular formula is C21H22N4O3. The van der Waals surface area contributed by atoms with Gasteiger partial charge >= 0.3 is 0 Å².